The number of ether oxygens (including phenoxy) is 1. The van der Waals surface area contributed by atoms with E-state index in [0.29, 0.717) is 12.6 Å². The normalized spacial score (nSPS) is 27.3. The number of aliphatic hydroxyl groups excluding tert-OH is 1. The SMILES string of the molecule is CC[C@@H]1CN(c2c3c(ccc(=O)n3C)nn2C2CCCCO2)[C@@H]([C@@H](C)O)CN1. The molecule has 0 amide bonds. The summed E-state index contributed by atoms with van der Waals surface area (Å²) in [6.07, 6.45) is 3.39. The van der Waals surface area contributed by atoms with Crippen LogP contribution in [0.4, 0.5) is 5.82 Å². The quantitative estimate of drug-likeness (QED) is 0.822. The van der Waals surface area contributed by atoms with Crippen LogP contribution >= 0.6 is 0 Å². The van der Waals surface area contributed by atoms with Gasteiger partial charge in [0, 0.05) is 38.9 Å². The molecule has 4 heterocycles. The molecule has 2 aliphatic heterocycles. The molecule has 2 N–H and O–H groups in total. The van der Waals surface area contributed by atoms with E-state index in [1.807, 2.05) is 11.6 Å². The van der Waals surface area contributed by atoms with Crippen LogP contribution < -0.4 is 15.8 Å². The Morgan fingerprint density at radius 2 is 2.21 bits per heavy atom. The number of rotatable bonds is 4. The summed E-state index contributed by atoms with van der Waals surface area (Å²) in [5.41, 5.74) is 1.53. The Hall–Kier alpha value is -1.90. The number of anilines is 1. The average Bonchev–Trinajstić information content (AvgIpc) is 3.11. The fraction of sp³-hybridized carbons (Fsp3) is 0.700. The number of hydrogen-bond donors (Lipinski definition) is 2. The third-order valence-corrected chi connectivity index (χ3v) is 6.12. The van der Waals surface area contributed by atoms with Crippen molar-refractivity contribution >= 4 is 16.9 Å². The lowest BCUT2D eigenvalue weighted by Crippen LogP contribution is -2.60. The molecule has 4 atom stereocenters. The number of aryl methyl sites for hydroxylation is 1. The van der Waals surface area contributed by atoms with Crippen LogP contribution in [0.1, 0.15) is 45.8 Å². The van der Waals surface area contributed by atoms with Gasteiger partial charge in [0.25, 0.3) is 5.56 Å². The maximum Gasteiger partial charge on any atom is 0.250 e. The first-order valence-electron chi connectivity index (χ1n) is 10.4. The molecule has 0 aliphatic carbocycles. The van der Waals surface area contributed by atoms with Gasteiger partial charge in [0.05, 0.1) is 12.1 Å². The number of fused-ring (bicyclic) bond motifs is 1. The molecule has 2 fully saturated rings. The van der Waals surface area contributed by atoms with E-state index in [1.165, 1.54) is 0 Å². The first kappa shape index (κ1) is 19.4. The van der Waals surface area contributed by atoms with Crippen LogP contribution in [0.15, 0.2) is 16.9 Å². The van der Waals surface area contributed by atoms with Crippen molar-refractivity contribution in [3.05, 3.63) is 22.5 Å². The molecule has 2 saturated heterocycles. The van der Waals surface area contributed by atoms with Crippen LogP contribution in [0.25, 0.3) is 11.0 Å². The van der Waals surface area contributed by atoms with Crippen molar-refractivity contribution < 1.29 is 9.84 Å². The molecular weight excluding hydrogens is 358 g/mol. The summed E-state index contributed by atoms with van der Waals surface area (Å²) >= 11 is 0. The van der Waals surface area contributed by atoms with E-state index in [9.17, 15) is 9.90 Å². The summed E-state index contributed by atoms with van der Waals surface area (Å²) in [4.78, 5) is 14.6. The van der Waals surface area contributed by atoms with Crippen molar-refractivity contribution in [2.75, 3.05) is 24.6 Å². The zero-order valence-corrected chi connectivity index (χ0v) is 17.0. The van der Waals surface area contributed by atoms with Crippen LogP contribution in [-0.2, 0) is 11.8 Å². The summed E-state index contributed by atoms with van der Waals surface area (Å²) in [6.45, 7) is 6.15. The highest BCUT2D eigenvalue weighted by molar-refractivity contribution is 5.87. The van der Waals surface area contributed by atoms with E-state index in [-0.39, 0.29) is 17.8 Å². The van der Waals surface area contributed by atoms with E-state index in [0.717, 1.165) is 55.7 Å². The van der Waals surface area contributed by atoms with E-state index < -0.39 is 6.10 Å². The number of piperazine rings is 1. The van der Waals surface area contributed by atoms with Gasteiger partial charge in [-0.25, -0.2) is 4.68 Å². The molecule has 0 radical (unpaired) electrons. The zero-order chi connectivity index (χ0) is 19.8. The van der Waals surface area contributed by atoms with Gasteiger partial charge < -0.3 is 24.6 Å². The van der Waals surface area contributed by atoms with Crippen LogP contribution in [0.3, 0.4) is 0 Å². The number of nitrogens with zero attached hydrogens (tertiary/aromatic N) is 4. The van der Waals surface area contributed by atoms with Gasteiger partial charge >= 0.3 is 0 Å². The van der Waals surface area contributed by atoms with E-state index in [2.05, 4.69) is 17.1 Å². The molecular formula is C20H31N5O3. The van der Waals surface area contributed by atoms with Crippen molar-refractivity contribution in [2.24, 2.45) is 7.05 Å². The van der Waals surface area contributed by atoms with Crippen molar-refractivity contribution in [1.82, 2.24) is 19.7 Å². The number of hydrogen-bond acceptors (Lipinski definition) is 6. The largest absolute Gasteiger partial charge is 0.391 e. The van der Waals surface area contributed by atoms with Gasteiger partial charge in [0.15, 0.2) is 12.0 Å². The molecule has 2 aromatic rings. The Morgan fingerprint density at radius 3 is 2.89 bits per heavy atom. The second-order valence-corrected chi connectivity index (χ2v) is 8.03. The van der Waals surface area contributed by atoms with E-state index in [4.69, 9.17) is 9.84 Å². The Balaban J connectivity index is 1.91. The molecule has 154 valence electrons. The smallest absolute Gasteiger partial charge is 0.250 e. The number of aliphatic hydroxyl groups is 1. The Morgan fingerprint density at radius 1 is 1.39 bits per heavy atom. The summed E-state index contributed by atoms with van der Waals surface area (Å²) < 4.78 is 9.67. The van der Waals surface area contributed by atoms with Gasteiger partial charge in [-0.15, -0.1) is 0 Å². The van der Waals surface area contributed by atoms with Crippen molar-refractivity contribution in [2.45, 2.75) is 63.9 Å². The lowest BCUT2D eigenvalue weighted by Gasteiger charge is -2.43. The standard InChI is InChI=1S/C20H31N5O3/c1-4-14-12-24(16(11-21-14)13(2)26)20-19-15(8-9-17(27)23(19)3)22-25(20)18-7-5-6-10-28-18/h8-9,13-14,16,18,21,26H,4-7,10-12H2,1-3H3/t13-,14-,16-,18?/m1/s1. The fourth-order valence-corrected chi connectivity index (χ4v) is 4.41. The maximum absolute atomic E-state index is 12.4. The Kier molecular flexibility index (Phi) is 5.44. The van der Waals surface area contributed by atoms with Crippen LogP contribution in [0.5, 0.6) is 0 Å². The summed E-state index contributed by atoms with van der Waals surface area (Å²) in [7, 11) is 1.79. The van der Waals surface area contributed by atoms with Crippen molar-refractivity contribution in [3.63, 3.8) is 0 Å². The lowest BCUT2D eigenvalue weighted by atomic mass is 10.0. The number of pyridine rings is 1. The Bertz CT molecular complexity index is 884. The molecule has 0 saturated carbocycles. The van der Waals surface area contributed by atoms with Crippen molar-refractivity contribution in [1.29, 1.82) is 0 Å². The predicted octanol–water partition coefficient (Wildman–Crippen LogP) is 1.37. The molecule has 2 aliphatic rings. The van der Waals surface area contributed by atoms with Crippen LogP contribution in [-0.4, -0.2) is 57.3 Å². The highest BCUT2D eigenvalue weighted by atomic mass is 16.5. The first-order valence-corrected chi connectivity index (χ1v) is 10.4. The minimum absolute atomic E-state index is 0.0614. The van der Waals surface area contributed by atoms with Crippen molar-refractivity contribution in [3.8, 4) is 0 Å². The minimum Gasteiger partial charge on any atom is -0.391 e. The molecule has 28 heavy (non-hydrogen) atoms. The van der Waals surface area contributed by atoms with E-state index in [1.54, 1.807) is 23.7 Å². The average molecular weight is 390 g/mol. The van der Waals surface area contributed by atoms with E-state index >= 15 is 0 Å². The lowest BCUT2D eigenvalue weighted by molar-refractivity contribution is -0.0385. The van der Waals surface area contributed by atoms with Gasteiger partial charge in [0.1, 0.15) is 11.0 Å². The maximum atomic E-state index is 12.4. The van der Waals surface area contributed by atoms with Crippen LogP contribution in [0, 0.1) is 0 Å². The zero-order valence-electron chi connectivity index (χ0n) is 17.0. The second kappa shape index (κ2) is 7.85. The number of aromatic nitrogens is 3. The molecule has 0 bridgehead atoms. The van der Waals surface area contributed by atoms with Crippen LogP contribution in [0.2, 0.25) is 0 Å². The molecule has 1 unspecified atom stereocenters. The van der Waals surface area contributed by atoms with Gasteiger partial charge in [-0.3, -0.25) is 4.79 Å². The third-order valence-electron chi connectivity index (χ3n) is 6.12. The highest BCUT2D eigenvalue weighted by Gasteiger charge is 2.36. The molecule has 8 nitrogen and oxygen atoms in total. The highest BCUT2D eigenvalue weighted by Crippen LogP contribution is 2.35. The third kappa shape index (κ3) is 3.33. The summed E-state index contributed by atoms with van der Waals surface area (Å²) in [5, 5.41) is 18.9. The number of nitrogens with one attached hydrogen (secondary N) is 1. The van der Waals surface area contributed by atoms with Gasteiger partial charge in [-0.1, -0.05) is 6.92 Å². The molecule has 0 aromatic carbocycles. The molecule has 0 spiro atoms. The summed E-state index contributed by atoms with van der Waals surface area (Å²) in [6, 6.07) is 3.57. The molecule has 4 rings (SSSR count). The van der Waals surface area contributed by atoms with Gasteiger partial charge in [0.2, 0.25) is 0 Å². The molecule has 2 aromatic heterocycles. The van der Waals surface area contributed by atoms with Gasteiger partial charge in [-0.05, 0) is 38.7 Å². The second-order valence-electron chi connectivity index (χ2n) is 8.03. The monoisotopic (exact) mass is 389 g/mol. The first-order chi connectivity index (χ1) is 13.5. The molecule has 8 heteroatoms. The minimum atomic E-state index is -0.517. The fourth-order valence-electron chi connectivity index (χ4n) is 4.41. The summed E-state index contributed by atoms with van der Waals surface area (Å²) in [5.74, 6) is 0.882. The topological polar surface area (TPSA) is 84.6 Å². The van der Waals surface area contributed by atoms with Gasteiger partial charge in [-0.2, -0.15) is 5.10 Å². The Labute approximate surface area is 165 Å². The predicted molar refractivity (Wildman–Crippen MR) is 109 cm³/mol.